The van der Waals surface area contributed by atoms with E-state index in [1.165, 1.54) is 18.0 Å². The van der Waals surface area contributed by atoms with Crippen molar-refractivity contribution >= 4 is 23.9 Å². The molecule has 0 bridgehead atoms. The number of aldehydes is 1. The summed E-state index contributed by atoms with van der Waals surface area (Å²) in [6.07, 6.45) is 4.13. The molecule has 0 aliphatic heterocycles. The summed E-state index contributed by atoms with van der Waals surface area (Å²) in [6.45, 7) is 1.18. The van der Waals surface area contributed by atoms with Crippen molar-refractivity contribution in [2.75, 3.05) is 31.8 Å². The number of hydrogen-bond acceptors (Lipinski definition) is 6. The van der Waals surface area contributed by atoms with Gasteiger partial charge in [-0.1, -0.05) is 11.8 Å². The summed E-state index contributed by atoms with van der Waals surface area (Å²) in [5.74, 6) is 0.557. The van der Waals surface area contributed by atoms with Crippen molar-refractivity contribution in [3.8, 4) is 0 Å². The third kappa shape index (κ3) is 3.49. The van der Waals surface area contributed by atoms with E-state index in [0.29, 0.717) is 29.7 Å². The molecule has 15 heavy (non-hydrogen) atoms. The molecule has 1 aromatic rings. The third-order valence-corrected chi connectivity index (χ3v) is 2.26. The quantitative estimate of drug-likeness (QED) is 0.339. The molecule has 0 fully saturated rings. The van der Waals surface area contributed by atoms with Gasteiger partial charge in [-0.15, -0.1) is 0 Å². The van der Waals surface area contributed by atoms with E-state index in [0.717, 1.165) is 6.29 Å². The molecule has 0 unspecified atom stereocenters. The third-order valence-electron chi connectivity index (χ3n) is 1.70. The zero-order valence-corrected chi connectivity index (χ0v) is 9.50. The van der Waals surface area contributed by atoms with Crippen LogP contribution in [0.4, 0.5) is 5.82 Å². The number of thioether (sulfide) groups is 1. The van der Waals surface area contributed by atoms with Crippen molar-refractivity contribution in [1.82, 2.24) is 9.97 Å². The van der Waals surface area contributed by atoms with Gasteiger partial charge in [-0.25, -0.2) is 9.97 Å². The number of hydrogen-bond donors (Lipinski definition) is 1. The minimum atomic E-state index is 0.462. The number of rotatable bonds is 6. The largest absolute Gasteiger partial charge is 0.383 e. The molecule has 1 heterocycles. The normalized spacial score (nSPS) is 10.0. The van der Waals surface area contributed by atoms with Crippen LogP contribution in [0.3, 0.4) is 0 Å². The fourth-order valence-electron chi connectivity index (χ4n) is 0.973. The lowest BCUT2D eigenvalue weighted by Gasteiger charge is -2.07. The molecule has 0 aliphatic carbocycles. The lowest BCUT2D eigenvalue weighted by atomic mass is 10.3. The van der Waals surface area contributed by atoms with Crippen LogP contribution in [0.5, 0.6) is 0 Å². The Labute approximate surface area is 92.6 Å². The number of ether oxygens (including phenoxy) is 1. The first kappa shape index (κ1) is 11.9. The van der Waals surface area contributed by atoms with Crippen LogP contribution in [0, 0.1) is 0 Å². The molecule has 0 atom stereocenters. The maximum absolute atomic E-state index is 10.7. The molecule has 1 aromatic heterocycles. The Balaban J connectivity index is 2.76. The molecule has 1 N–H and O–H groups in total. The smallest absolute Gasteiger partial charge is 0.189 e. The summed E-state index contributed by atoms with van der Waals surface area (Å²) in [4.78, 5) is 18.9. The fourth-order valence-corrected chi connectivity index (χ4v) is 1.31. The van der Waals surface area contributed by atoms with Gasteiger partial charge in [0.1, 0.15) is 5.82 Å². The Morgan fingerprint density at radius 1 is 1.67 bits per heavy atom. The number of methoxy groups -OCH3 is 1. The van der Waals surface area contributed by atoms with Gasteiger partial charge < -0.3 is 10.1 Å². The number of aromatic nitrogens is 2. The fraction of sp³-hybridized carbons (Fsp3) is 0.444. The number of anilines is 1. The van der Waals surface area contributed by atoms with Crippen LogP contribution in [0.25, 0.3) is 0 Å². The van der Waals surface area contributed by atoms with Gasteiger partial charge in [-0.05, 0) is 6.26 Å². The van der Waals surface area contributed by atoms with E-state index in [4.69, 9.17) is 4.74 Å². The van der Waals surface area contributed by atoms with Crippen LogP contribution >= 0.6 is 11.8 Å². The summed E-state index contributed by atoms with van der Waals surface area (Å²) in [5, 5.41) is 3.66. The van der Waals surface area contributed by atoms with Crippen LogP contribution in [-0.4, -0.2) is 42.8 Å². The molecule has 0 amide bonds. The predicted molar refractivity (Wildman–Crippen MR) is 59.6 cm³/mol. The maximum atomic E-state index is 10.7. The standard InChI is InChI=1S/C9H13N3O2S/c1-14-4-3-10-8-7(6-13)5-11-9(12-8)15-2/h5-6H,3-4H2,1-2H3,(H,10,11,12). The van der Waals surface area contributed by atoms with Crippen LogP contribution in [0.1, 0.15) is 10.4 Å². The summed E-state index contributed by atoms with van der Waals surface area (Å²) in [5.41, 5.74) is 0.462. The van der Waals surface area contributed by atoms with Crippen molar-refractivity contribution < 1.29 is 9.53 Å². The van der Waals surface area contributed by atoms with E-state index in [1.807, 2.05) is 6.26 Å². The summed E-state index contributed by atoms with van der Waals surface area (Å²) < 4.78 is 4.89. The molecule has 0 saturated heterocycles. The molecule has 0 spiro atoms. The highest BCUT2D eigenvalue weighted by molar-refractivity contribution is 7.98. The van der Waals surface area contributed by atoms with Crippen LogP contribution in [0.2, 0.25) is 0 Å². The highest BCUT2D eigenvalue weighted by atomic mass is 32.2. The number of nitrogens with zero attached hydrogens (tertiary/aromatic N) is 2. The second-order valence-corrected chi connectivity index (χ2v) is 3.47. The van der Waals surface area contributed by atoms with E-state index in [2.05, 4.69) is 15.3 Å². The highest BCUT2D eigenvalue weighted by Gasteiger charge is 2.05. The van der Waals surface area contributed by atoms with Crippen molar-refractivity contribution in [2.24, 2.45) is 0 Å². The Kier molecular flexibility index (Phi) is 5.06. The van der Waals surface area contributed by atoms with E-state index in [1.54, 1.807) is 7.11 Å². The number of carbonyl (C=O) groups is 1. The lowest BCUT2D eigenvalue weighted by molar-refractivity contribution is 0.112. The van der Waals surface area contributed by atoms with Gasteiger partial charge in [0.15, 0.2) is 11.4 Å². The Hall–Kier alpha value is -1.14. The summed E-state index contributed by atoms with van der Waals surface area (Å²) in [7, 11) is 1.62. The molecule has 5 nitrogen and oxygen atoms in total. The van der Waals surface area contributed by atoms with Crippen LogP contribution in [0.15, 0.2) is 11.4 Å². The first-order valence-corrected chi connectivity index (χ1v) is 5.63. The number of nitrogens with one attached hydrogen (secondary N) is 1. The zero-order valence-electron chi connectivity index (χ0n) is 8.69. The Morgan fingerprint density at radius 2 is 2.47 bits per heavy atom. The minimum absolute atomic E-state index is 0.462. The maximum Gasteiger partial charge on any atom is 0.189 e. The Bertz CT molecular complexity index is 333. The van der Waals surface area contributed by atoms with Crippen molar-refractivity contribution in [3.05, 3.63) is 11.8 Å². The molecule has 0 aromatic carbocycles. The SMILES string of the molecule is COCCNc1nc(SC)ncc1C=O. The van der Waals surface area contributed by atoms with Gasteiger partial charge in [0.05, 0.1) is 12.2 Å². The van der Waals surface area contributed by atoms with Gasteiger partial charge in [0, 0.05) is 19.9 Å². The summed E-state index contributed by atoms with van der Waals surface area (Å²) >= 11 is 1.43. The average Bonchev–Trinajstić information content (AvgIpc) is 2.29. The molecule has 6 heteroatoms. The molecule has 0 saturated carbocycles. The van der Waals surface area contributed by atoms with Gasteiger partial charge in [0.25, 0.3) is 0 Å². The molecular weight excluding hydrogens is 214 g/mol. The molecule has 82 valence electrons. The minimum Gasteiger partial charge on any atom is -0.383 e. The molecule has 0 radical (unpaired) electrons. The van der Waals surface area contributed by atoms with Crippen molar-refractivity contribution in [2.45, 2.75) is 5.16 Å². The zero-order chi connectivity index (χ0) is 11.1. The Morgan fingerprint density at radius 3 is 3.07 bits per heavy atom. The molecule has 1 rings (SSSR count). The predicted octanol–water partition coefficient (Wildman–Crippen LogP) is 1.07. The second-order valence-electron chi connectivity index (χ2n) is 2.70. The topological polar surface area (TPSA) is 64.1 Å². The van der Waals surface area contributed by atoms with Crippen molar-refractivity contribution in [3.63, 3.8) is 0 Å². The van der Waals surface area contributed by atoms with E-state index >= 15 is 0 Å². The van der Waals surface area contributed by atoms with Crippen LogP contribution < -0.4 is 5.32 Å². The first-order valence-electron chi connectivity index (χ1n) is 4.40. The lowest BCUT2D eigenvalue weighted by Crippen LogP contribution is -2.11. The van der Waals surface area contributed by atoms with E-state index in [-0.39, 0.29) is 0 Å². The average molecular weight is 227 g/mol. The van der Waals surface area contributed by atoms with Gasteiger partial charge in [-0.2, -0.15) is 0 Å². The second kappa shape index (κ2) is 6.36. The number of carbonyl (C=O) groups excluding carboxylic acids is 1. The summed E-state index contributed by atoms with van der Waals surface area (Å²) in [6, 6.07) is 0. The van der Waals surface area contributed by atoms with Gasteiger partial charge >= 0.3 is 0 Å². The molecule has 0 aliphatic rings. The van der Waals surface area contributed by atoms with Gasteiger partial charge in [-0.3, -0.25) is 4.79 Å². The molecular formula is C9H13N3O2S. The van der Waals surface area contributed by atoms with E-state index < -0.39 is 0 Å². The van der Waals surface area contributed by atoms with Gasteiger partial charge in [0.2, 0.25) is 0 Å². The highest BCUT2D eigenvalue weighted by Crippen LogP contribution is 2.14. The van der Waals surface area contributed by atoms with Crippen LogP contribution in [-0.2, 0) is 4.74 Å². The monoisotopic (exact) mass is 227 g/mol. The first-order chi connectivity index (χ1) is 7.31. The van der Waals surface area contributed by atoms with Crippen molar-refractivity contribution in [1.29, 1.82) is 0 Å². The van der Waals surface area contributed by atoms with E-state index in [9.17, 15) is 4.79 Å².